The van der Waals surface area contributed by atoms with Gasteiger partial charge < -0.3 is 5.11 Å². The number of sulfonamides is 1. The number of hydrogen-bond donors (Lipinski definition) is 2. The van der Waals surface area contributed by atoms with Gasteiger partial charge >= 0.3 is 0 Å². The molecular formula is C7H12N2O3S2. The van der Waals surface area contributed by atoms with Gasteiger partial charge in [-0.05, 0) is 12.8 Å². The molecule has 1 heterocycles. The number of anilines is 1. The minimum Gasteiger partial charge on any atom is -0.396 e. The lowest BCUT2D eigenvalue weighted by atomic mass is 10.4. The lowest BCUT2D eigenvalue weighted by Crippen LogP contribution is -2.16. The van der Waals surface area contributed by atoms with Gasteiger partial charge in [0.2, 0.25) is 10.0 Å². The first kappa shape index (κ1) is 11.4. The monoisotopic (exact) mass is 236 g/mol. The number of aliphatic hydroxyl groups excluding tert-OH is 1. The Bertz CT molecular complexity index is 347. The molecule has 0 aliphatic carbocycles. The predicted octanol–water partition coefficient (Wildman–Crippen LogP) is 0.657. The van der Waals surface area contributed by atoms with E-state index in [9.17, 15) is 8.42 Å². The fourth-order valence-corrected chi connectivity index (χ4v) is 2.81. The van der Waals surface area contributed by atoms with E-state index in [-0.39, 0.29) is 12.4 Å². The molecule has 5 nitrogen and oxygen atoms in total. The highest BCUT2D eigenvalue weighted by Gasteiger charge is 2.10. The lowest BCUT2D eigenvalue weighted by molar-refractivity contribution is 0.287. The van der Waals surface area contributed by atoms with Crippen molar-refractivity contribution in [1.82, 2.24) is 4.98 Å². The maximum absolute atomic E-state index is 11.3. The van der Waals surface area contributed by atoms with Crippen molar-refractivity contribution in [1.29, 1.82) is 0 Å². The van der Waals surface area contributed by atoms with Crippen molar-refractivity contribution in [3.8, 4) is 0 Å². The molecule has 1 aromatic rings. The number of rotatable bonds is 6. The van der Waals surface area contributed by atoms with Gasteiger partial charge in [0, 0.05) is 18.2 Å². The number of aliphatic hydroxyl groups is 1. The van der Waals surface area contributed by atoms with Crippen LogP contribution in [0.15, 0.2) is 11.6 Å². The van der Waals surface area contributed by atoms with Gasteiger partial charge in [-0.3, -0.25) is 4.72 Å². The standard InChI is InChI=1S/C7H12N2O3S2/c10-4-1-2-6-14(11,12)9-7-8-3-5-13-7/h3,5,10H,1-2,4,6H2,(H,8,9). The van der Waals surface area contributed by atoms with E-state index >= 15 is 0 Å². The average molecular weight is 236 g/mol. The van der Waals surface area contributed by atoms with Gasteiger partial charge in [0.15, 0.2) is 5.13 Å². The molecule has 0 radical (unpaired) electrons. The number of nitrogens with one attached hydrogen (secondary N) is 1. The van der Waals surface area contributed by atoms with Gasteiger partial charge in [0.25, 0.3) is 0 Å². The zero-order chi connectivity index (χ0) is 10.4. The number of aromatic nitrogens is 1. The van der Waals surface area contributed by atoms with E-state index in [2.05, 4.69) is 9.71 Å². The highest BCUT2D eigenvalue weighted by molar-refractivity contribution is 7.92. The SMILES string of the molecule is O=S(=O)(CCCCO)Nc1nccs1. The molecule has 0 aliphatic heterocycles. The fourth-order valence-electron chi connectivity index (χ4n) is 0.862. The molecule has 0 aliphatic rings. The smallest absolute Gasteiger partial charge is 0.234 e. The summed E-state index contributed by atoms with van der Waals surface area (Å²) in [4.78, 5) is 3.81. The second kappa shape index (κ2) is 5.28. The molecule has 0 fully saturated rings. The van der Waals surface area contributed by atoms with Crippen molar-refractivity contribution in [2.75, 3.05) is 17.1 Å². The van der Waals surface area contributed by atoms with Crippen LogP contribution in [0.4, 0.5) is 5.13 Å². The molecule has 2 N–H and O–H groups in total. The highest BCUT2D eigenvalue weighted by atomic mass is 32.2. The van der Waals surface area contributed by atoms with Crippen LogP contribution in [-0.4, -0.2) is 30.9 Å². The molecule has 14 heavy (non-hydrogen) atoms. The summed E-state index contributed by atoms with van der Waals surface area (Å²) in [6.07, 6.45) is 2.49. The van der Waals surface area contributed by atoms with Crippen LogP contribution >= 0.6 is 11.3 Å². The molecule has 0 aromatic carbocycles. The second-order valence-corrected chi connectivity index (χ2v) is 5.43. The Hall–Kier alpha value is -0.660. The summed E-state index contributed by atoms with van der Waals surface area (Å²) in [7, 11) is -3.29. The number of thiazole rings is 1. The highest BCUT2D eigenvalue weighted by Crippen LogP contribution is 2.12. The van der Waals surface area contributed by atoms with Gasteiger partial charge in [0.05, 0.1) is 5.75 Å². The molecule has 0 saturated carbocycles. The molecule has 0 atom stereocenters. The van der Waals surface area contributed by atoms with Crippen LogP contribution in [0.5, 0.6) is 0 Å². The van der Waals surface area contributed by atoms with Crippen molar-refractivity contribution in [2.45, 2.75) is 12.8 Å². The lowest BCUT2D eigenvalue weighted by Gasteiger charge is -2.03. The van der Waals surface area contributed by atoms with E-state index in [0.29, 0.717) is 18.0 Å². The van der Waals surface area contributed by atoms with Crippen molar-refractivity contribution in [2.24, 2.45) is 0 Å². The van der Waals surface area contributed by atoms with E-state index in [1.165, 1.54) is 17.5 Å². The fraction of sp³-hybridized carbons (Fsp3) is 0.571. The molecule has 1 aromatic heterocycles. The topological polar surface area (TPSA) is 79.3 Å². The first-order chi connectivity index (χ1) is 6.64. The normalized spacial score (nSPS) is 11.5. The van der Waals surface area contributed by atoms with Gasteiger partial charge in [0.1, 0.15) is 0 Å². The van der Waals surface area contributed by atoms with Crippen molar-refractivity contribution in [3.05, 3.63) is 11.6 Å². The van der Waals surface area contributed by atoms with Gasteiger partial charge in [-0.1, -0.05) is 0 Å². The Morgan fingerprint density at radius 2 is 2.29 bits per heavy atom. The van der Waals surface area contributed by atoms with Gasteiger partial charge in [-0.2, -0.15) is 0 Å². The van der Waals surface area contributed by atoms with Crippen LogP contribution < -0.4 is 4.72 Å². The molecule has 1 rings (SSSR count). The minimum atomic E-state index is -3.29. The number of unbranched alkanes of at least 4 members (excludes halogenated alkanes) is 1. The van der Waals surface area contributed by atoms with Crippen LogP contribution in [0.2, 0.25) is 0 Å². The molecule has 0 unspecified atom stereocenters. The maximum Gasteiger partial charge on any atom is 0.234 e. The van der Waals surface area contributed by atoms with Crippen LogP contribution in [0.1, 0.15) is 12.8 Å². The summed E-state index contributed by atoms with van der Waals surface area (Å²) in [5, 5.41) is 10.6. The van der Waals surface area contributed by atoms with Gasteiger partial charge in [-0.25, -0.2) is 13.4 Å². The minimum absolute atomic E-state index is 0.0206. The van der Waals surface area contributed by atoms with E-state index in [1.54, 1.807) is 5.38 Å². The van der Waals surface area contributed by atoms with Crippen LogP contribution in [0, 0.1) is 0 Å². The molecule has 7 heteroatoms. The van der Waals surface area contributed by atoms with Crippen LogP contribution in [-0.2, 0) is 10.0 Å². The van der Waals surface area contributed by atoms with Gasteiger partial charge in [-0.15, -0.1) is 11.3 Å². The Morgan fingerprint density at radius 1 is 1.50 bits per heavy atom. The zero-order valence-electron chi connectivity index (χ0n) is 7.51. The molecule has 80 valence electrons. The molecule has 0 amide bonds. The summed E-state index contributed by atoms with van der Waals surface area (Å²) in [6.45, 7) is 0.0206. The Morgan fingerprint density at radius 3 is 2.86 bits per heavy atom. The van der Waals surface area contributed by atoms with E-state index in [4.69, 9.17) is 5.11 Å². The summed E-state index contributed by atoms with van der Waals surface area (Å²) >= 11 is 1.24. The molecule has 0 spiro atoms. The Kier molecular flexibility index (Phi) is 4.30. The zero-order valence-corrected chi connectivity index (χ0v) is 9.14. The predicted molar refractivity (Wildman–Crippen MR) is 55.8 cm³/mol. The first-order valence-corrected chi connectivity index (χ1v) is 6.68. The first-order valence-electron chi connectivity index (χ1n) is 4.15. The summed E-state index contributed by atoms with van der Waals surface area (Å²) in [5.74, 6) is 0.0210. The number of nitrogens with zero attached hydrogens (tertiary/aromatic N) is 1. The third-order valence-electron chi connectivity index (χ3n) is 1.50. The van der Waals surface area contributed by atoms with E-state index < -0.39 is 10.0 Å². The van der Waals surface area contributed by atoms with Crippen LogP contribution in [0.25, 0.3) is 0 Å². The van der Waals surface area contributed by atoms with Crippen molar-refractivity contribution >= 4 is 26.5 Å². The average Bonchev–Trinajstić information content (AvgIpc) is 2.56. The molecule has 0 saturated heterocycles. The van der Waals surface area contributed by atoms with E-state index in [1.807, 2.05) is 0 Å². The number of hydrogen-bond acceptors (Lipinski definition) is 5. The van der Waals surface area contributed by atoms with E-state index in [0.717, 1.165) is 0 Å². The largest absolute Gasteiger partial charge is 0.396 e. The Labute approximate surface area is 86.9 Å². The van der Waals surface area contributed by atoms with Crippen LogP contribution in [0.3, 0.4) is 0 Å². The molecular weight excluding hydrogens is 224 g/mol. The summed E-state index contributed by atoms with van der Waals surface area (Å²) in [6, 6.07) is 0. The third kappa shape index (κ3) is 4.03. The summed E-state index contributed by atoms with van der Waals surface area (Å²) < 4.78 is 25.0. The summed E-state index contributed by atoms with van der Waals surface area (Å²) in [5.41, 5.74) is 0. The second-order valence-electron chi connectivity index (χ2n) is 2.69. The van der Waals surface area contributed by atoms with Crippen molar-refractivity contribution in [3.63, 3.8) is 0 Å². The Balaban J connectivity index is 2.42. The quantitative estimate of drug-likeness (QED) is 0.711. The maximum atomic E-state index is 11.3. The van der Waals surface area contributed by atoms with Crippen molar-refractivity contribution < 1.29 is 13.5 Å². The molecule has 0 bridgehead atoms. The third-order valence-corrected chi connectivity index (χ3v) is 3.64.